The third-order valence-corrected chi connectivity index (χ3v) is 5.24. The molecule has 0 spiro atoms. The Labute approximate surface area is 162 Å². The average molecular weight is 388 g/mol. The molecule has 2 heterocycles. The summed E-state index contributed by atoms with van der Waals surface area (Å²) in [5.74, 6) is 0.644. The molecule has 142 valence electrons. The van der Waals surface area contributed by atoms with Crippen LogP contribution in [0.4, 0.5) is 5.82 Å². The number of ether oxygens (including phenoxy) is 1. The van der Waals surface area contributed by atoms with Crippen molar-refractivity contribution in [3.63, 3.8) is 0 Å². The van der Waals surface area contributed by atoms with E-state index in [1.807, 2.05) is 31.3 Å². The van der Waals surface area contributed by atoms with Crippen LogP contribution < -0.4 is 4.90 Å². The highest BCUT2D eigenvalue weighted by Crippen LogP contribution is 2.29. The van der Waals surface area contributed by atoms with Gasteiger partial charge in [0.1, 0.15) is 18.7 Å². The van der Waals surface area contributed by atoms with Gasteiger partial charge in [0, 0.05) is 24.0 Å². The Morgan fingerprint density at radius 2 is 1.96 bits per heavy atom. The molecular formula is C19H22ClN5O2. The van der Waals surface area contributed by atoms with E-state index in [-0.39, 0.29) is 24.5 Å². The van der Waals surface area contributed by atoms with Crippen LogP contribution in [-0.2, 0) is 16.1 Å². The second kappa shape index (κ2) is 7.92. The minimum absolute atomic E-state index is 0.0108. The number of hydrogen-bond donors (Lipinski definition) is 0. The molecule has 0 amide bonds. The summed E-state index contributed by atoms with van der Waals surface area (Å²) in [7, 11) is 3.35. The van der Waals surface area contributed by atoms with Crippen molar-refractivity contribution in [1.29, 1.82) is 0 Å². The third-order valence-electron chi connectivity index (χ3n) is 4.98. The van der Waals surface area contributed by atoms with Crippen LogP contribution in [0.3, 0.4) is 0 Å². The van der Waals surface area contributed by atoms with Gasteiger partial charge in [-0.05, 0) is 24.6 Å². The van der Waals surface area contributed by atoms with Crippen LogP contribution in [0, 0.1) is 0 Å². The molecule has 3 rings (SSSR count). The highest BCUT2D eigenvalue weighted by molar-refractivity contribution is 6.30. The molecule has 0 aliphatic rings. The monoisotopic (exact) mass is 387 g/mol. The van der Waals surface area contributed by atoms with E-state index >= 15 is 0 Å². The Bertz CT molecular complexity index is 941. The Balaban J connectivity index is 1.89. The zero-order chi connectivity index (χ0) is 19.6. The van der Waals surface area contributed by atoms with Gasteiger partial charge >= 0.3 is 5.97 Å². The number of fused-ring (bicyclic) bond motifs is 1. The van der Waals surface area contributed by atoms with Gasteiger partial charge in [0.25, 0.3) is 0 Å². The topological polar surface area (TPSA) is 73.1 Å². The first-order valence-electron chi connectivity index (χ1n) is 8.64. The molecule has 2 atom stereocenters. The van der Waals surface area contributed by atoms with Crippen molar-refractivity contribution in [2.45, 2.75) is 32.4 Å². The molecule has 0 aliphatic carbocycles. The lowest BCUT2D eigenvalue weighted by Gasteiger charge is -2.31. The normalized spacial score (nSPS) is 13.4. The third kappa shape index (κ3) is 3.88. The molecule has 0 bridgehead atoms. The number of halogens is 1. The second-order valence-electron chi connectivity index (χ2n) is 6.50. The Hall–Kier alpha value is -2.67. The van der Waals surface area contributed by atoms with Gasteiger partial charge < -0.3 is 9.64 Å². The quantitative estimate of drug-likeness (QED) is 0.604. The molecule has 0 unspecified atom stereocenters. The van der Waals surface area contributed by atoms with Crippen molar-refractivity contribution in [3.05, 3.63) is 47.4 Å². The highest BCUT2D eigenvalue weighted by atomic mass is 35.5. The zero-order valence-corrected chi connectivity index (χ0v) is 16.5. The first-order valence-corrected chi connectivity index (χ1v) is 9.01. The summed E-state index contributed by atoms with van der Waals surface area (Å²) >= 11 is 6.00. The van der Waals surface area contributed by atoms with E-state index in [2.05, 4.69) is 33.8 Å². The van der Waals surface area contributed by atoms with Gasteiger partial charge in [0.2, 0.25) is 0 Å². The summed E-state index contributed by atoms with van der Waals surface area (Å²) in [6, 6.07) is 8.05. The zero-order valence-electron chi connectivity index (χ0n) is 15.8. The van der Waals surface area contributed by atoms with Crippen LogP contribution in [0.1, 0.15) is 25.3 Å². The van der Waals surface area contributed by atoms with E-state index in [1.54, 1.807) is 6.20 Å². The molecule has 0 aliphatic heterocycles. The van der Waals surface area contributed by atoms with Gasteiger partial charge in [0.15, 0.2) is 5.65 Å². The summed E-state index contributed by atoms with van der Waals surface area (Å²) < 4.78 is 6.24. The van der Waals surface area contributed by atoms with E-state index in [9.17, 15) is 4.79 Å². The van der Waals surface area contributed by atoms with Crippen molar-refractivity contribution >= 4 is 34.4 Å². The number of carbonyl (C=O) groups excluding carboxylic acids is 1. The van der Waals surface area contributed by atoms with Gasteiger partial charge in [-0.15, -0.1) is 0 Å². The SMILES string of the molecule is COC(=O)Cn1ncc2c(N(C)[C@@H](C)[C@H](C)c3ccc(Cl)cc3)ncnc21. The van der Waals surface area contributed by atoms with Crippen LogP contribution >= 0.6 is 11.6 Å². The number of aromatic nitrogens is 4. The van der Waals surface area contributed by atoms with Gasteiger partial charge in [-0.25, -0.2) is 14.6 Å². The number of anilines is 1. The van der Waals surface area contributed by atoms with Gasteiger partial charge in [0.05, 0.1) is 18.7 Å². The molecule has 1 aromatic carbocycles. The highest BCUT2D eigenvalue weighted by Gasteiger charge is 2.23. The summed E-state index contributed by atoms with van der Waals surface area (Å²) in [6.45, 7) is 4.33. The average Bonchev–Trinajstić information content (AvgIpc) is 3.09. The molecule has 0 saturated heterocycles. The fourth-order valence-electron chi connectivity index (χ4n) is 3.04. The maximum atomic E-state index is 11.6. The number of esters is 1. The lowest BCUT2D eigenvalue weighted by atomic mass is 9.93. The van der Waals surface area contributed by atoms with Crippen LogP contribution in [0.2, 0.25) is 5.02 Å². The Morgan fingerprint density at radius 1 is 1.26 bits per heavy atom. The number of methoxy groups -OCH3 is 1. The molecule has 27 heavy (non-hydrogen) atoms. The number of rotatable bonds is 6. The lowest BCUT2D eigenvalue weighted by molar-refractivity contribution is -0.141. The number of hydrogen-bond acceptors (Lipinski definition) is 6. The van der Waals surface area contributed by atoms with Crippen molar-refractivity contribution in [2.75, 3.05) is 19.1 Å². The summed E-state index contributed by atoms with van der Waals surface area (Å²) in [6.07, 6.45) is 3.17. The fraction of sp³-hybridized carbons (Fsp3) is 0.368. The minimum Gasteiger partial charge on any atom is -0.468 e. The predicted molar refractivity (Wildman–Crippen MR) is 105 cm³/mol. The van der Waals surface area contributed by atoms with E-state index in [4.69, 9.17) is 16.3 Å². The number of likely N-dealkylation sites (N-methyl/N-ethyl adjacent to an activating group) is 1. The van der Waals surface area contributed by atoms with Crippen LogP contribution in [0.5, 0.6) is 0 Å². The molecule has 2 aromatic heterocycles. The molecule has 0 N–H and O–H groups in total. The van der Waals surface area contributed by atoms with Crippen molar-refractivity contribution in [1.82, 2.24) is 19.7 Å². The fourth-order valence-corrected chi connectivity index (χ4v) is 3.16. The van der Waals surface area contributed by atoms with E-state index in [0.717, 1.165) is 16.2 Å². The molecule has 0 fully saturated rings. The van der Waals surface area contributed by atoms with E-state index < -0.39 is 0 Å². The van der Waals surface area contributed by atoms with Crippen molar-refractivity contribution < 1.29 is 9.53 Å². The van der Waals surface area contributed by atoms with Crippen LogP contribution in [0.25, 0.3) is 11.0 Å². The first kappa shape index (κ1) is 19.1. The molecule has 7 nitrogen and oxygen atoms in total. The van der Waals surface area contributed by atoms with E-state index in [1.165, 1.54) is 23.7 Å². The lowest BCUT2D eigenvalue weighted by Crippen LogP contribution is -2.34. The minimum atomic E-state index is -0.377. The number of carbonyl (C=O) groups is 1. The molecule has 0 saturated carbocycles. The van der Waals surface area contributed by atoms with E-state index in [0.29, 0.717) is 5.65 Å². The molecule has 8 heteroatoms. The molecule has 0 radical (unpaired) electrons. The Morgan fingerprint density at radius 3 is 2.63 bits per heavy atom. The van der Waals surface area contributed by atoms with Gasteiger partial charge in [-0.2, -0.15) is 5.10 Å². The first-order chi connectivity index (χ1) is 12.9. The van der Waals surface area contributed by atoms with Gasteiger partial charge in [-0.3, -0.25) is 4.79 Å². The molecule has 3 aromatic rings. The summed E-state index contributed by atoms with van der Waals surface area (Å²) in [5, 5.41) is 5.79. The smallest absolute Gasteiger partial charge is 0.327 e. The van der Waals surface area contributed by atoms with Gasteiger partial charge in [-0.1, -0.05) is 30.7 Å². The summed E-state index contributed by atoms with van der Waals surface area (Å²) in [4.78, 5) is 22.4. The van der Waals surface area contributed by atoms with Crippen molar-refractivity contribution in [2.24, 2.45) is 0 Å². The number of nitrogens with zero attached hydrogens (tertiary/aromatic N) is 5. The second-order valence-corrected chi connectivity index (χ2v) is 6.94. The maximum absolute atomic E-state index is 11.6. The predicted octanol–water partition coefficient (Wildman–Crippen LogP) is 3.28. The maximum Gasteiger partial charge on any atom is 0.327 e. The standard InChI is InChI=1S/C19H22ClN5O2/c1-12(14-5-7-15(20)8-6-14)13(2)24(3)18-16-9-23-25(10-17(26)27-4)19(16)22-11-21-18/h5-9,11-13H,10H2,1-4H3/t12-,13-/m0/s1. The molecular weight excluding hydrogens is 366 g/mol. The van der Waals surface area contributed by atoms with Crippen LogP contribution in [-0.4, -0.2) is 45.9 Å². The van der Waals surface area contributed by atoms with Crippen LogP contribution in [0.15, 0.2) is 36.8 Å². The van der Waals surface area contributed by atoms with Crippen molar-refractivity contribution in [3.8, 4) is 0 Å². The Kier molecular flexibility index (Phi) is 5.60. The largest absolute Gasteiger partial charge is 0.468 e. The summed E-state index contributed by atoms with van der Waals surface area (Å²) in [5.41, 5.74) is 1.80. The number of benzene rings is 1.